The molecule has 1 aliphatic heterocycles. The summed E-state index contributed by atoms with van der Waals surface area (Å²) < 4.78 is 5.43. The van der Waals surface area contributed by atoms with Crippen LogP contribution < -0.4 is 4.74 Å². The predicted octanol–water partition coefficient (Wildman–Crippen LogP) is 3.70. The molecule has 31 heavy (non-hydrogen) atoms. The third-order valence-corrected chi connectivity index (χ3v) is 7.49. The van der Waals surface area contributed by atoms with Crippen LogP contribution in [0, 0.1) is 35.5 Å². The molecule has 4 aliphatic carbocycles. The van der Waals surface area contributed by atoms with Crippen LogP contribution in [0.25, 0.3) is 11.1 Å². The fourth-order valence-electron chi connectivity index (χ4n) is 5.97. The largest absolute Gasteiger partial charge is 0.426 e. The first-order chi connectivity index (χ1) is 15.1. The van der Waals surface area contributed by atoms with E-state index < -0.39 is 5.97 Å². The average Bonchev–Trinajstić information content (AvgIpc) is 3.58. The summed E-state index contributed by atoms with van der Waals surface area (Å²) in [5.74, 6) is 0.966. The molecule has 0 unspecified atom stereocenters. The lowest BCUT2D eigenvalue weighted by Crippen LogP contribution is -2.40. The van der Waals surface area contributed by atoms with E-state index in [-0.39, 0.29) is 48.5 Å². The van der Waals surface area contributed by atoms with Crippen LogP contribution >= 0.6 is 0 Å². The summed E-state index contributed by atoms with van der Waals surface area (Å²) in [6, 6.07) is 17.3. The van der Waals surface area contributed by atoms with Crippen LogP contribution in [0.3, 0.4) is 0 Å². The van der Waals surface area contributed by atoms with Crippen molar-refractivity contribution in [3.8, 4) is 16.9 Å². The molecule has 2 saturated carbocycles. The minimum atomic E-state index is -0.438. The van der Waals surface area contributed by atoms with Crippen molar-refractivity contribution in [3.63, 3.8) is 0 Å². The minimum absolute atomic E-state index is 0.00692. The van der Waals surface area contributed by atoms with E-state index in [1.807, 2.05) is 42.5 Å². The second kappa shape index (κ2) is 6.91. The number of hydrogen-bond donors (Lipinski definition) is 0. The number of imide groups is 1. The third kappa shape index (κ3) is 2.94. The van der Waals surface area contributed by atoms with Crippen molar-refractivity contribution < 1.29 is 19.1 Å². The Hall–Kier alpha value is -3.21. The molecule has 2 aromatic carbocycles. The van der Waals surface area contributed by atoms with Gasteiger partial charge in [0.1, 0.15) is 5.75 Å². The van der Waals surface area contributed by atoms with Crippen molar-refractivity contribution >= 4 is 17.8 Å². The maximum Gasteiger partial charge on any atom is 0.312 e. The van der Waals surface area contributed by atoms with Gasteiger partial charge in [-0.1, -0.05) is 54.6 Å². The highest BCUT2D eigenvalue weighted by molar-refractivity contribution is 6.06. The number of nitrogens with zero attached hydrogens (tertiary/aromatic N) is 1. The lowest BCUT2D eigenvalue weighted by atomic mass is 9.63. The van der Waals surface area contributed by atoms with E-state index >= 15 is 0 Å². The van der Waals surface area contributed by atoms with Crippen molar-refractivity contribution in [2.45, 2.75) is 12.8 Å². The molecule has 5 nitrogen and oxygen atoms in total. The summed E-state index contributed by atoms with van der Waals surface area (Å²) in [5, 5.41) is 0. The lowest BCUT2D eigenvalue weighted by molar-refractivity contribution is -0.141. The summed E-state index contributed by atoms with van der Waals surface area (Å²) in [6.45, 7) is 0.0976. The Kier molecular flexibility index (Phi) is 4.13. The first-order valence-corrected chi connectivity index (χ1v) is 11.0. The average molecular weight is 413 g/mol. The monoisotopic (exact) mass is 413 g/mol. The van der Waals surface area contributed by atoms with Crippen molar-refractivity contribution in [1.82, 2.24) is 4.90 Å². The summed E-state index contributed by atoms with van der Waals surface area (Å²) >= 11 is 0. The standard InChI is InChI=1S/C26H23NO4/c28-22(31-17-8-6-16(7-9-17)15-4-2-1-3-5-15)12-13-27-25(29)23-18-10-11-19(21-14-20(18)21)24(23)26(27)30/h1-11,18-21,23-24H,12-14H2/t18-,19-,20-,21-,23+,24+/m1/s1. The molecule has 1 heterocycles. The molecule has 7 rings (SSSR count). The first-order valence-electron chi connectivity index (χ1n) is 11.0. The zero-order chi connectivity index (χ0) is 21.1. The molecule has 3 fully saturated rings. The van der Waals surface area contributed by atoms with E-state index in [9.17, 15) is 14.4 Å². The maximum absolute atomic E-state index is 13.0. The predicted molar refractivity (Wildman–Crippen MR) is 114 cm³/mol. The molecular weight excluding hydrogens is 390 g/mol. The molecule has 5 aliphatic rings. The minimum Gasteiger partial charge on any atom is -0.426 e. The number of carbonyl (C=O) groups excluding carboxylic acids is 3. The van der Waals surface area contributed by atoms with Gasteiger partial charge in [0.25, 0.3) is 0 Å². The van der Waals surface area contributed by atoms with Gasteiger partial charge < -0.3 is 4.74 Å². The molecule has 1 saturated heterocycles. The molecule has 5 heteroatoms. The lowest BCUT2D eigenvalue weighted by Gasteiger charge is -2.37. The van der Waals surface area contributed by atoms with Gasteiger partial charge in [0.05, 0.1) is 18.3 Å². The molecule has 0 spiro atoms. The smallest absolute Gasteiger partial charge is 0.312 e. The molecule has 2 amide bonds. The highest BCUT2D eigenvalue weighted by atomic mass is 16.5. The van der Waals surface area contributed by atoms with Gasteiger partial charge in [0.2, 0.25) is 11.8 Å². The fraction of sp³-hybridized carbons (Fsp3) is 0.346. The number of rotatable bonds is 5. The van der Waals surface area contributed by atoms with Gasteiger partial charge >= 0.3 is 5.97 Å². The van der Waals surface area contributed by atoms with Crippen LogP contribution in [0.15, 0.2) is 66.7 Å². The summed E-state index contributed by atoms with van der Waals surface area (Å²) in [5.41, 5.74) is 2.13. The summed E-state index contributed by atoms with van der Waals surface area (Å²) in [4.78, 5) is 39.6. The summed E-state index contributed by atoms with van der Waals surface area (Å²) in [6.07, 6.45) is 5.46. The van der Waals surface area contributed by atoms with Gasteiger partial charge in [-0.3, -0.25) is 19.3 Å². The highest BCUT2D eigenvalue weighted by Crippen LogP contribution is 2.65. The van der Waals surface area contributed by atoms with Gasteiger partial charge in [0.15, 0.2) is 0 Å². The Balaban J connectivity index is 1.08. The molecule has 156 valence electrons. The number of benzene rings is 2. The Bertz CT molecular complexity index is 1050. The topological polar surface area (TPSA) is 63.7 Å². The van der Waals surface area contributed by atoms with E-state index in [0.29, 0.717) is 17.6 Å². The Morgan fingerprint density at radius 1 is 0.839 bits per heavy atom. The number of allylic oxidation sites excluding steroid dienone is 2. The van der Waals surface area contributed by atoms with Gasteiger partial charge in [-0.15, -0.1) is 0 Å². The second-order valence-electron chi connectivity index (χ2n) is 9.10. The van der Waals surface area contributed by atoms with Gasteiger partial charge in [-0.25, -0.2) is 0 Å². The second-order valence-corrected chi connectivity index (χ2v) is 9.10. The number of likely N-dealkylation sites (tertiary alicyclic amines) is 1. The van der Waals surface area contributed by atoms with E-state index in [0.717, 1.165) is 17.5 Å². The van der Waals surface area contributed by atoms with Gasteiger partial charge in [-0.05, 0) is 53.4 Å². The van der Waals surface area contributed by atoms with Crippen LogP contribution in [0.4, 0.5) is 0 Å². The third-order valence-electron chi connectivity index (χ3n) is 7.49. The van der Waals surface area contributed by atoms with E-state index in [1.165, 1.54) is 4.90 Å². The zero-order valence-corrected chi connectivity index (χ0v) is 17.0. The van der Waals surface area contributed by atoms with E-state index in [1.54, 1.807) is 12.1 Å². The molecule has 2 aromatic rings. The normalized spacial score (nSPS) is 32.1. The van der Waals surface area contributed by atoms with E-state index in [4.69, 9.17) is 4.74 Å². The first kappa shape index (κ1) is 18.6. The Labute approximate surface area is 180 Å². The molecular formula is C26H23NO4. The maximum atomic E-state index is 13.0. The van der Waals surface area contributed by atoms with Crippen molar-refractivity contribution in [3.05, 3.63) is 66.7 Å². The number of carbonyl (C=O) groups is 3. The molecule has 0 aromatic heterocycles. The molecule has 0 N–H and O–H groups in total. The molecule has 2 bridgehead atoms. The number of ether oxygens (including phenoxy) is 1. The number of esters is 1. The van der Waals surface area contributed by atoms with Crippen LogP contribution in [0.5, 0.6) is 5.75 Å². The quantitative estimate of drug-likeness (QED) is 0.325. The number of hydrogen-bond acceptors (Lipinski definition) is 4. The highest BCUT2D eigenvalue weighted by Gasteiger charge is 2.66. The van der Waals surface area contributed by atoms with E-state index in [2.05, 4.69) is 12.2 Å². The Morgan fingerprint density at radius 3 is 2.03 bits per heavy atom. The van der Waals surface area contributed by atoms with Crippen molar-refractivity contribution in [1.29, 1.82) is 0 Å². The Morgan fingerprint density at radius 2 is 1.42 bits per heavy atom. The number of amides is 2. The summed E-state index contributed by atoms with van der Waals surface area (Å²) in [7, 11) is 0. The van der Waals surface area contributed by atoms with Crippen LogP contribution in [-0.4, -0.2) is 29.2 Å². The van der Waals surface area contributed by atoms with Crippen molar-refractivity contribution in [2.24, 2.45) is 35.5 Å². The fourth-order valence-corrected chi connectivity index (χ4v) is 5.97. The molecule has 0 radical (unpaired) electrons. The van der Waals surface area contributed by atoms with Crippen LogP contribution in [0.1, 0.15) is 12.8 Å². The van der Waals surface area contributed by atoms with Gasteiger partial charge in [0, 0.05) is 6.54 Å². The SMILES string of the molecule is O=C(CCN1C(=O)[C@H]2[C@@H]3C=C[C@H]([C@H]4C[C@H]34)[C@@H]2C1=O)Oc1ccc(-c2ccccc2)cc1. The van der Waals surface area contributed by atoms with Crippen molar-refractivity contribution in [2.75, 3.05) is 6.54 Å². The van der Waals surface area contributed by atoms with Crippen LogP contribution in [0.2, 0.25) is 0 Å². The zero-order valence-electron chi connectivity index (χ0n) is 17.0. The van der Waals surface area contributed by atoms with Crippen LogP contribution in [-0.2, 0) is 14.4 Å². The van der Waals surface area contributed by atoms with Gasteiger partial charge in [-0.2, -0.15) is 0 Å². The molecule has 6 atom stereocenters.